The third-order valence-electron chi connectivity index (χ3n) is 4.53. The van der Waals surface area contributed by atoms with Crippen molar-refractivity contribution in [2.24, 2.45) is 0 Å². The Bertz CT molecular complexity index is 373. The molecule has 3 rings (SSSR count). The van der Waals surface area contributed by atoms with E-state index >= 15 is 0 Å². The van der Waals surface area contributed by atoms with Crippen LogP contribution in [-0.2, 0) is 25.7 Å². The first-order valence-electron chi connectivity index (χ1n) is 7.81. The first-order valence-corrected chi connectivity index (χ1v) is 7.81. The van der Waals surface area contributed by atoms with Crippen LogP contribution in [0.2, 0.25) is 0 Å². The SMILES string of the molecule is C1CCCc2c(nnc3c2CCCCCC3)CC1. The minimum atomic E-state index is 1.16. The molecule has 0 bridgehead atoms. The van der Waals surface area contributed by atoms with E-state index in [1.807, 2.05) is 0 Å². The van der Waals surface area contributed by atoms with E-state index in [1.165, 1.54) is 75.6 Å². The number of fused-ring (bicyclic) bond motifs is 3. The Labute approximate surface area is 110 Å². The van der Waals surface area contributed by atoms with E-state index in [2.05, 4.69) is 10.2 Å². The third kappa shape index (κ3) is 2.57. The molecule has 0 spiro atoms. The molecule has 1 heterocycles. The largest absolute Gasteiger partial charge is 0.155 e. The van der Waals surface area contributed by atoms with Crippen LogP contribution in [0.1, 0.15) is 73.9 Å². The summed E-state index contributed by atoms with van der Waals surface area (Å²) >= 11 is 0. The molecule has 0 aliphatic heterocycles. The van der Waals surface area contributed by atoms with Crippen molar-refractivity contribution in [1.82, 2.24) is 10.2 Å². The van der Waals surface area contributed by atoms with Gasteiger partial charge < -0.3 is 0 Å². The minimum absolute atomic E-state index is 1.16. The van der Waals surface area contributed by atoms with Gasteiger partial charge in [0.1, 0.15) is 0 Å². The smallest absolute Gasteiger partial charge is 0.0665 e. The Hall–Kier alpha value is -0.920. The molecule has 18 heavy (non-hydrogen) atoms. The molecule has 0 unspecified atom stereocenters. The summed E-state index contributed by atoms with van der Waals surface area (Å²) < 4.78 is 0. The van der Waals surface area contributed by atoms with E-state index in [1.54, 1.807) is 11.1 Å². The highest BCUT2D eigenvalue weighted by molar-refractivity contribution is 5.34. The van der Waals surface area contributed by atoms with E-state index < -0.39 is 0 Å². The second-order valence-corrected chi connectivity index (χ2v) is 5.88. The normalized spacial score (nSPS) is 20.9. The monoisotopic (exact) mass is 244 g/mol. The fraction of sp³-hybridized carbons (Fsp3) is 0.750. The van der Waals surface area contributed by atoms with Crippen LogP contribution in [0, 0.1) is 0 Å². The van der Waals surface area contributed by atoms with Crippen LogP contribution in [0.4, 0.5) is 0 Å². The number of nitrogens with zero attached hydrogens (tertiary/aromatic N) is 2. The molecule has 0 aromatic carbocycles. The second-order valence-electron chi connectivity index (χ2n) is 5.88. The van der Waals surface area contributed by atoms with Gasteiger partial charge >= 0.3 is 0 Å². The zero-order valence-corrected chi connectivity index (χ0v) is 11.4. The van der Waals surface area contributed by atoms with Crippen molar-refractivity contribution in [1.29, 1.82) is 0 Å². The lowest BCUT2D eigenvalue weighted by molar-refractivity contribution is 0.569. The summed E-state index contributed by atoms with van der Waals surface area (Å²) in [4.78, 5) is 0. The second kappa shape index (κ2) is 5.81. The van der Waals surface area contributed by atoms with Gasteiger partial charge in [-0.25, -0.2) is 0 Å². The summed E-state index contributed by atoms with van der Waals surface area (Å²) in [5.41, 5.74) is 5.85. The highest BCUT2D eigenvalue weighted by Crippen LogP contribution is 2.27. The molecule has 0 atom stereocenters. The Kier molecular flexibility index (Phi) is 3.92. The average Bonchev–Trinajstić information content (AvgIpc) is 2.31. The molecular formula is C16H24N2. The molecule has 2 heteroatoms. The van der Waals surface area contributed by atoms with Gasteiger partial charge in [-0.1, -0.05) is 25.7 Å². The number of aromatic nitrogens is 2. The first-order chi connectivity index (χ1) is 8.95. The van der Waals surface area contributed by atoms with Gasteiger partial charge in [0.2, 0.25) is 0 Å². The van der Waals surface area contributed by atoms with Gasteiger partial charge in [-0.3, -0.25) is 0 Å². The lowest BCUT2D eigenvalue weighted by Crippen LogP contribution is -2.13. The molecule has 0 N–H and O–H groups in total. The molecule has 0 saturated heterocycles. The highest BCUT2D eigenvalue weighted by Gasteiger charge is 2.18. The van der Waals surface area contributed by atoms with Crippen molar-refractivity contribution < 1.29 is 0 Å². The number of rotatable bonds is 0. The first kappa shape index (κ1) is 12.1. The number of aryl methyl sites for hydroxylation is 2. The molecule has 1 aromatic heterocycles. The molecule has 1 aromatic rings. The molecule has 2 aliphatic carbocycles. The van der Waals surface area contributed by atoms with Gasteiger partial charge in [-0.15, -0.1) is 0 Å². The van der Waals surface area contributed by atoms with E-state index in [9.17, 15) is 0 Å². The van der Waals surface area contributed by atoms with Crippen LogP contribution in [0.25, 0.3) is 0 Å². The minimum Gasteiger partial charge on any atom is -0.155 e. The quantitative estimate of drug-likeness (QED) is 0.694. The predicted octanol–water partition coefficient (Wildman–Crippen LogP) is 3.79. The Morgan fingerprint density at radius 1 is 0.444 bits per heavy atom. The number of hydrogen-bond donors (Lipinski definition) is 0. The average molecular weight is 244 g/mol. The van der Waals surface area contributed by atoms with Crippen LogP contribution in [0.15, 0.2) is 0 Å². The molecule has 0 fully saturated rings. The van der Waals surface area contributed by atoms with E-state index in [0.29, 0.717) is 0 Å². The fourth-order valence-corrected chi connectivity index (χ4v) is 3.48. The van der Waals surface area contributed by atoms with E-state index in [4.69, 9.17) is 0 Å². The molecule has 98 valence electrons. The maximum atomic E-state index is 4.56. The zero-order chi connectivity index (χ0) is 12.2. The van der Waals surface area contributed by atoms with E-state index in [0.717, 1.165) is 12.8 Å². The number of hydrogen-bond acceptors (Lipinski definition) is 2. The van der Waals surface area contributed by atoms with Crippen molar-refractivity contribution >= 4 is 0 Å². The Morgan fingerprint density at radius 2 is 0.833 bits per heavy atom. The third-order valence-corrected chi connectivity index (χ3v) is 4.53. The lowest BCUT2D eigenvalue weighted by atomic mass is 9.88. The summed E-state index contributed by atoms with van der Waals surface area (Å²) in [5.74, 6) is 0. The van der Waals surface area contributed by atoms with Crippen LogP contribution in [-0.4, -0.2) is 10.2 Å². The van der Waals surface area contributed by atoms with Crippen molar-refractivity contribution in [3.63, 3.8) is 0 Å². The lowest BCUT2D eigenvalue weighted by Gasteiger charge is -2.20. The Balaban J connectivity index is 1.97. The van der Waals surface area contributed by atoms with Crippen LogP contribution in [0.5, 0.6) is 0 Å². The van der Waals surface area contributed by atoms with Crippen molar-refractivity contribution in [3.8, 4) is 0 Å². The molecule has 2 nitrogen and oxygen atoms in total. The summed E-state index contributed by atoms with van der Waals surface area (Å²) in [6.45, 7) is 0. The standard InChI is InChI=1S/C16H24N2/c1-3-7-11-15-13(9-5-1)14-10-6-2-4-8-12-16(14)18-17-15/h1-12H2. The molecule has 0 radical (unpaired) electrons. The van der Waals surface area contributed by atoms with Crippen molar-refractivity contribution in [3.05, 3.63) is 22.5 Å². The maximum Gasteiger partial charge on any atom is 0.0665 e. The summed E-state index contributed by atoms with van der Waals surface area (Å²) in [6, 6.07) is 0. The van der Waals surface area contributed by atoms with E-state index in [-0.39, 0.29) is 0 Å². The topological polar surface area (TPSA) is 25.8 Å². The maximum absolute atomic E-state index is 4.56. The van der Waals surface area contributed by atoms with Crippen molar-refractivity contribution in [2.45, 2.75) is 77.0 Å². The van der Waals surface area contributed by atoms with Crippen LogP contribution < -0.4 is 0 Å². The molecule has 0 amide bonds. The van der Waals surface area contributed by atoms with Gasteiger partial charge in [0.05, 0.1) is 11.4 Å². The fourth-order valence-electron chi connectivity index (χ4n) is 3.48. The summed E-state index contributed by atoms with van der Waals surface area (Å²) in [5, 5.41) is 9.11. The summed E-state index contributed by atoms with van der Waals surface area (Å²) in [7, 11) is 0. The van der Waals surface area contributed by atoms with Gasteiger partial charge in [0, 0.05) is 0 Å². The highest BCUT2D eigenvalue weighted by atomic mass is 15.1. The Morgan fingerprint density at radius 3 is 1.28 bits per heavy atom. The molecular weight excluding hydrogens is 220 g/mol. The van der Waals surface area contributed by atoms with Gasteiger partial charge in [-0.2, -0.15) is 10.2 Å². The summed E-state index contributed by atoms with van der Waals surface area (Å²) in [6.07, 6.45) is 15.7. The van der Waals surface area contributed by atoms with Crippen LogP contribution in [0.3, 0.4) is 0 Å². The zero-order valence-electron chi connectivity index (χ0n) is 11.4. The van der Waals surface area contributed by atoms with Crippen LogP contribution >= 0.6 is 0 Å². The van der Waals surface area contributed by atoms with Gasteiger partial charge in [-0.05, 0) is 62.5 Å². The molecule has 2 aliphatic rings. The predicted molar refractivity (Wildman–Crippen MR) is 73.8 cm³/mol. The molecule has 0 saturated carbocycles. The van der Waals surface area contributed by atoms with Gasteiger partial charge in [0.15, 0.2) is 0 Å². The van der Waals surface area contributed by atoms with Crippen molar-refractivity contribution in [2.75, 3.05) is 0 Å². The van der Waals surface area contributed by atoms with Gasteiger partial charge in [0.25, 0.3) is 0 Å².